The second kappa shape index (κ2) is 6.81. The number of rotatable bonds is 6. The molecule has 21 heavy (non-hydrogen) atoms. The van der Waals surface area contributed by atoms with Crippen molar-refractivity contribution in [3.8, 4) is 5.75 Å². The molecule has 2 rings (SSSR count). The van der Waals surface area contributed by atoms with Crippen molar-refractivity contribution in [1.29, 1.82) is 0 Å². The molecular formula is C18H25NO2. The summed E-state index contributed by atoms with van der Waals surface area (Å²) in [5.74, 6) is 1.91. The van der Waals surface area contributed by atoms with Gasteiger partial charge in [-0.1, -0.05) is 13.0 Å². The Labute approximate surface area is 127 Å². The summed E-state index contributed by atoms with van der Waals surface area (Å²) in [7, 11) is 1.72. The third kappa shape index (κ3) is 3.30. The average molecular weight is 287 g/mol. The Kier molecular flexibility index (Phi) is 5.07. The number of aryl methyl sites for hydroxylation is 3. The second-order valence-electron chi connectivity index (χ2n) is 5.50. The van der Waals surface area contributed by atoms with Crippen molar-refractivity contribution in [3.05, 3.63) is 52.5 Å². The monoisotopic (exact) mass is 287 g/mol. The minimum Gasteiger partial charge on any atom is -0.496 e. The van der Waals surface area contributed by atoms with Crippen LogP contribution >= 0.6 is 0 Å². The number of hydrogen-bond donors (Lipinski definition) is 1. The number of furan rings is 1. The molecule has 1 N–H and O–H groups in total. The molecule has 1 aromatic carbocycles. The first-order valence-corrected chi connectivity index (χ1v) is 7.51. The molecule has 0 aliphatic heterocycles. The lowest BCUT2D eigenvalue weighted by Gasteiger charge is -2.22. The van der Waals surface area contributed by atoms with E-state index in [0.717, 1.165) is 30.0 Å². The average Bonchev–Trinajstić information content (AvgIpc) is 2.88. The highest BCUT2D eigenvalue weighted by molar-refractivity contribution is 5.46. The molecule has 0 aliphatic rings. The Morgan fingerprint density at radius 1 is 1.14 bits per heavy atom. The summed E-state index contributed by atoms with van der Waals surface area (Å²) in [6, 6.07) is 6.55. The lowest BCUT2D eigenvalue weighted by molar-refractivity contribution is 0.411. The van der Waals surface area contributed by atoms with Gasteiger partial charge in [-0.25, -0.2) is 0 Å². The molecule has 0 radical (unpaired) electrons. The van der Waals surface area contributed by atoms with Gasteiger partial charge in [0, 0.05) is 5.56 Å². The molecule has 2 aromatic rings. The molecule has 0 amide bonds. The molecular weight excluding hydrogens is 262 g/mol. The van der Waals surface area contributed by atoms with Crippen molar-refractivity contribution < 1.29 is 9.15 Å². The first-order valence-electron chi connectivity index (χ1n) is 7.51. The number of benzene rings is 1. The Balaban J connectivity index is 2.46. The van der Waals surface area contributed by atoms with Crippen LogP contribution in [0.3, 0.4) is 0 Å². The SMILES string of the molecule is CCCNC(c1cc(C)c(OC)cc1C)c1ccoc1C. The maximum absolute atomic E-state index is 5.50. The third-order valence-corrected chi connectivity index (χ3v) is 3.90. The Bertz CT molecular complexity index is 601. The maximum Gasteiger partial charge on any atom is 0.122 e. The van der Waals surface area contributed by atoms with E-state index in [2.05, 4.69) is 44.3 Å². The van der Waals surface area contributed by atoms with E-state index >= 15 is 0 Å². The summed E-state index contributed by atoms with van der Waals surface area (Å²) >= 11 is 0. The van der Waals surface area contributed by atoms with Crippen LogP contribution < -0.4 is 10.1 Å². The van der Waals surface area contributed by atoms with E-state index in [0.29, 0.717) is 0 Å². The summed E-state index contributed by atoms with van der Waals surface area (Å²) < 4.78 is 10.9. The molecule has 0 saturated heterocycles. The molecule has 0 spiro atoms. The minimum absolute atomic E-state index is 0.160. The van der Waals surface area contributed by atoms with Crippen LogP contribution in [-0.4, -0.2) is 13.7 Å². The van der Waals surface area contributed by atoms with E-state index in [4.69, 9.17) is 9.15 Å². The number of nitrogens with one attached hydrogen (secondary N) is 1. The normalized spacial score (nSPS) is 12.4. The molecule has 3 nitrogen and oxygen atoms in total. The van der Waals surface area contributed by atoms with Gasteiger partial charge in [0.15, 0.2) is 0 Å². The zero-order valence-corrected chi connectivity index (χ0v) is 13.6. The van der Waals surface area contributed by atoms with Crippen molar-refractivity contribution >= 4 is 0 Å². The molecule has 1 aromatic heterocycles. The Morgan fingerprint density at radius 2 is 1.90 bits per heavy atom. The van der Waals surface area contributed by atoms with E-state index in [1.807, 2.05) is 6.92 Å². The van der Waals surface area contributed by atoms with Gasteiger partial charge in [0.2, 0.25) is 0 Å². The van der Waals surface area contributed by atoms with Crippen LogP contribution in [0.2, 0.25) is 0 Å². The molecule has 114 valence electrons. The second-order valence-corrected chi connectivity index (χ2v) is 5.50. The highest BCUT2D eigenvalue weighted by Crippen LogP contribution is 2.32. The van der Waals surface area contributed by atoms with Crippen LogP contribution in [0, 0.1) is 20.8 Å². The summed E-state index contributed by atoms with van der Waals surface area (Å²) in [6.07, 6.45) is 2.86. The van der Waals surface area contributed by atoms with Crippen molar-refractivity contribution in [2.75, 3.05) is 13.7 Å². The lowest BCUT2D eigenvalue weighted by Crippen LogP contribution is -2.24. The predicted molar refractivity (Wildman–Crippen MR) is 86.0 cm³/mol. The van der Waals surface area contributed by atoms with Gasteiger partial charge < -0.3 is 14.5 Å². The van der Waals surface area contributed by atoms with E-state index in [1.165, 1.54) is 16.7 Å². The highest BCUT2D eigenvalue weighted by Gasteiger charge is 2.20. The molecule has 3 heteroatoms. The van der Waals surface area contributed by atoms with E-state index in [-0.39, 0.29) is 6.04 Å². The maximum atomic E-state index is 5.50. The van der Waals surface area contributed by atoms with Crippen molar-refractivity contribution in [3.63, 3.8) is 0 Å². The van der Waals surface area contributed by atoms with Crippen LogP contribution in [-0.2, 0) is 0 Å². The summed E-state index contributed by atoms with van der Waals surface area (Å²) in [4.78, 5) is 0. The van der Waals surface area contributed by atoms with Gasteiger partial charge in [0.05, 0.1) is 19.4 Å². The van der Waals surface area contributed by atoms with E-state index in [1.54, 1.807) is 13.4 Å². The molecule has 1 unspecified atom stereocenters. The van der Waals surface area contributed by atoms with E-state index in [9.17, 15) is 0 Å². The largest absolute Gasteiger partial charge is 0.496 e. The first-order chi connectivity index (χ1) is 10.1. The molecule has 1 atom stereocenters. The first kappa shape index (κ1) is 15.6. The fourth-order valence-electron chi connectivity index (χ4n) is 2.71. The van der Waals surface area contributed by atoms with Crippen molar-refractivity contribution in [1.82, 2.24) is 5.32 Å². The summed E-state index contributed by atoms with van der Waals surface area (Å²) in [5.41, 5.74) is 4.87. The van der Waals surface area contributed by atoms with Gasteiger partial charge in [0.1, 0.15) is 11.5 Å². The van der Waals surface area contributed by atoms with Crippen LogP contribution in [0.1, 0.15) is 47.4 Å². The van der Waals surface area contributed by atoms with Gasteiger partial charge in [-0.05, 0) is 62.6 Å². The van der Waals surface area contributed by atoms with Crippen molar-refractivity contribution in [2.45, 2.75) is 40.2 Å². The smallest absolute Gasteiger partial charge is 0.122 e. The molecule has 1 heterocycles. The van der Waals surface area contributed by atoms with Crippen LogP contribution in [0.25, 0.3) is 0 Å². The number of methoxy groups -OCH3 is 1. The predicted octanol–water partition coefficient (Wildman–Crippen LogP) is 4.30. The summed E-state index contributed by atoms with van der Waals surface area (Å²) in [6.45, 7) is 9.38. The Hall–Kier alpha value is -1.74. The quantitative estimate of drug-likeness (QED) is 0.860. The fourth-order valence-corrected chi connectivity index (χ4v) is 2.71. The molecule has 0 bridgehead atoms. The zero-order chi connectivity index (χ0) is 15.4. The molecule has 0 saturated carbocycles. The lowest BCUT2D eigenvalue weighted by atomic mass is 9.93. The third-order valence-electron chi connectivity index (χ3n) is 3.90. The fraction of sp³-hybridized carbons (Fsp3) is 0.444. The van der Waals surface area contributed by atoms with Gasteiger partial charge in [-0.3, -0.25) is 0 Å². The van der Waals surface area contributed by atoms with E-state index < -0.39 is 0 Å². The molecule has 0 aliphatic carbocycles. The van der Waals surface area contributed by atoms with Crippen molar-refractivity contribution in [2.24, 2.45) is 0 Å². The number of hydrogen-bond acceptors (Lipinski definition) is 3. The minimum atomic E-state index is 0.160. The van der Waals surface area contributed by atoms with Crippen LogP contribution in [0.15, 0.2) is 28.9 Å². The number of ether oxygens (including phenoxy) is 1. The standard InChI is InChI=1S/C18H25NO2/c1-6-8-19-18(15-7-9-21-14(15)4)16-10-13(3)17(20-5)11-12(16)2/h7,9-11,18-19H,6,8H2,1-5H3. The van der Waals surface area contributed by atoms with Gasteiger partial charge in [-0.2, -0.15) is 0 Å². The van der Waals surface area contributed by atoms with Gasteiger partial charge in [0.25, 0.3) is 0 Å². The summed E-state index contributed by atoms with van der Waals surface area (Å²) in [5, 5.41) is 3.63. The zero-order valence-electron chi connectivity index (χ0n) is 13.6. The highest BCUT2D eigenvalue weighted by atomic mass is 16.5. The molecule has 0 fully saturated rings. The van der Waals surface area contributed by atoms with Gasteiger partial charge in [-0.15, -0.1) is 0 Å². The van der Waals surface area contributed by atoms with Crippen LogP contribution in [0.5, 0.6) is 5.75 Å². The van der Waals surface area contributed by atoms with Crippen LogP contribution in [0.4, 0.5) is 0 Å². The van der Waals surface area contributed by atoms with Gasteiger partial charge >= 0.3 is 0 Å². The topological polar surface area (TPSA) is 34.4 Å². The Morgan fingerprint density at radius 3 is 2.48 bits per heavy atom.